The third kappa shape index (κ3) is 4.22. The number of aryl methyl sites for hydroxylation is 1. The summed E-state index contributed by atoms with van der Waals surface area (Å²) in [6.07, 6.45) is 0. The van der Waals surface area contributed by atoms with Crippen LogP contribution in [0.25, 0.3) is 5.76 Å². The van der Waals surface area contributed by atoms with E-state index in [1.165, 1.54) is 47.4 Å². The van der Waals surface area contributed by atoms with Gasteiger partial charge >= 0.3 is 0 Å². The highest BCUT2D eigenvalue weighted by molar-refractivity contribution is 6.51. The van der Waals surface area contributed by atoms with Crippen LogP contribution in [0.4, 0.5) is 10.1 Å². The number of hydrogen-bond donors (Lipinski definition) is 1. The molecule has 1 aliphatic rings. The Morgan fingerprint density at radius 2 is 1.69 bits per heavy atom. The standard InChI is InChI=1S/C29H25FN2O3/c1-17-9-12-19(29(2,3)4)15-22(17)26(33)24-25(21-7-5-6-8-23(21)30)32(28(35)27(24)34)20-13-10-18(16-31)11-14-20/h5-15,25,33H,1-4H3/b26-24+. The monoisotopic (exact) mass is 468 g/mol. The van der Waals surface area contributed by atoms with Gasteiger partial charge in [0.2, 0.25) is 0 Å². The number of amides is 1. The number of aliphatic hydroxyl groups is 1. The Kier molecular flexibility index (Phi) is 6.04. The van der Waals surface area contributed by atoms with Crippen molar-refractivity contribution in [1.29, 1.82) is 5.26 Å². The number of halogens is 1. The molecule has 1 heterocycles. The predicted octanol–water partition coefficient (Wildman–Crippen LogP) is 5.93. The third-order valence-electron chi connectivity index (χ3n) is 6.28. The Morgan fingerprint density at radius 1 is 1.03 bits per heavy atom. The number of nitrogens with zero attached hydrogens (tertiary/aromatic N) is 2. The van der Waals surface area contributed by atoms with Crippen molar-refractivity contribution in [1.82, 2.24) is 0 Å². The zero-order valence-electron chi connectivity index (χ0n) is 20.0. The summed E-state index contributed by atoms with van der Waals surface area (Å²) in [5.74, 6) is -2.74. The summed E-state index contributed by atoms with van der Waals surface area (Å²) in [6.45, 7) is 7.90. The SMILES string of the molecule is Cc1ccc(C(C)(C)C)cc1/C(O)=C1\C(=O)C(=O)N(c2ccc(C#N)cc2)C1c1ccccc1F. The molecule has 176 valence electrons. The molecular formula is C29H25FN2O3. The second-order valence-electron chi connectivity index (χ2n) is 9.63. The van der Waals surface area contributed by atoms with Crippen molar-refractivity contribution >= 4 is 23.1 Å². The summed E-state index contributed by atoms with van der Waals surface area (Å²) in [7, 11) is 0. The van der Waals surface area contributed by atoms with Crippen LogP contribution in [0.5, 0.6) is 0 Å². The van der Waals surface area contributed by atoms with Crippen LogP contribution in [0.3, 0.4) is 0 Å². The highest BCUT2D eigenvalue weighted by Gasteiger charge is 2.48. The molecule has 3 aromatic rings. The molecule has 6 heteroatoms. The van der Waals surface area contributed by atoms with Crippen LogP contribution in [-0.2, 0) is 15.0 Å². The number of nitriles is 1. The van der Waals surface area contributed by atoms with Crippen LogP contribution in [0.1, 0.15) is 54.6 Å². The van der Waals surface area contributed by atoms with Gasteiger partial charge in [0.05, 0.1) is 23.2 Å². The van der Waals surface area contributed by atoms with Crippen molar-refractivity contribution in [3.8, 4) is 6.07 Å². The first kappa shape index (κ1) is 23.9. The van der Waals surface area contributed by atoms with Gasteiger partial charge in [-0.3, -0.25) is 14.5 Å². The molecule has 0 radical (unpaired) electrons. The summed E-state index contributed by atoms with van der Waals surface area (Å²) in [4.78, 5) is 27.8. The quantitative estimate of drug-likeness (QED) is 0.293. The minimum atomic E-state index is -1.18. The Hall–Kier alpha value is -4.24. The zero-order valence-corrected chi connectivity index (χ0v) is 20.0. The first-order valence-electron chi connectivity index (χ1n) is 11.2. The van der Waals surface area contributed by atoms with Gasteiger partial charge in [0.1, 0.15) is 11.6 Å². The lowest BCUT2D eigenvalue weighted by molar-refractivity contribution is -0.132. The fraction of sp³-hybridized carbons (Fsp3) is 0.207. The molecule has 1 fully saturated rings. The number of Topliss-reactive ketones (excluding diaryl/α,β-unsaturated/α-hetero) is 1. The first-order chi connectivity index (χ1) is 16.5. The van der Waals surface area contributed by atoms with Crippen LogP contribution in [0.2, 0.25) is 0 Å². The number of benzene rings is 3. The van der Waals surface area contributed by atoms with E-state index >= 15 is 4.39 Å². The summed E-state index contributed by atoms with van der Waals surface area (Å²) in [5.41, 5.74) is 2.45. The van der Waals surface area contributed by atoms with Gasteiger partial charge < -0.3 is 5.11 Å². The highest BCUT2D eigenvalue weighted by atomic mass is 19.1. The topological polar surface area (TPSA) is 81.4 Å². The molecule has 1 unspecified atom stereocenters. The number of aliphatic hydroxyl groups excluding tert-OH is 1. The fourth-order valence-corrected chi connectivity index (χ4v) is 4.28. The number of hydrogen-bond acceptors (Lipinski definition) is 4. The number of anilines is 1. The van der Waals surface area contributed by atoms with E-state index in [0.717, 1.165) is 5.56 Å². The van der Waals surface area contributed by atoms with Crippen LogP contribution >= 0.6 is 0 Å². The number of rotatable bonds is 3. The predicted molar refractivity (Wildman–Crippen MR) is 132 cm³/mol. The van der Waals surface area contributed by atoms with Crippen LogP contribution in [-0.4, -0.2) is 16.8 Å². The Balaban J connectivity index is 1.99. The Morgan fingerprint density at radius 3 is 2.29 bits per heavy atom. The van der Waals surface area contributed by atoms with E-state index in [0.29, 0.717) is 22.4 Å². The van der Waals surface area contributed by atoms with Crippen molar-refractivity contribution in [2.75, 3.05) is 4.90 Å². The third-order valence-corrected chi connectivity index (χ3v) is 6.28. The molecule has 0 spiro atoms. The molecule has 0 aliphatic carbocycles. The lowest BCUT2D eigenvalue weighted by Gasteiger charge is -2.26. The molecule has 5 nitrogen and oxygen atoms in total. The van der Waals surface area contributed by atoms with E-state index < -0.39 is 23.5 Å². The van der Waals surface area contributed by atoms with Crippen molar-refractivity contribution in [2.24, 2.45) is 0 Å². The van der Waals surface area contributed by atoms with Gasteiger partial charge in [-0.2, -0.15) is 5.26 Å². The molecule has 0 bridgehead atoms. The highest BCUT2D eigenvalue weighted by Crippen LogP contribution is 2.43. The van der Waals surface area contributed by atoms with Crippen LogP contribution in [0.15, 0.2) is 72.3 Å². The molecule has 0 saturated carbocycles. The van der Waals surface area contributed by atoms with Gasteiger partial charge in [-0.1, -0.05) is 51.1 Å². The lowest BCUT2D eigenvalue weighted by Crippen LogP contribution is -2.29. The average Bonchev–Trinajstić information content (AvgIpc) is 3.09. The normalized spacial score (nSPS) is 17.5. The Bertz CT molecular complexity index is 1410. The van der Waals surface area contributed by atoms with Crippen LogP contribution in [0, 0.1) is 24.1 Å². The summed E-state index contributed by atoms with van der Waals surface area (Å²) < 4.78 is 15.0. The van der Waals surface area contributed by atoms with E-state index in [1.807, 2.05) is 39.0 Å². The molecule has 1 atom stereocenters. The lowest BCUT2D eigenvalue weighted by atomic mass is 9.84. The van der Waals surface area contributed by atoms with Crippen molar-refractivity contribution in [3.05, 3.63) is 106 Å². The number of carbonyl (C=O) groups excluding carboxylic acids is 2. The molecule has 0 aromatic heterocycles. The fourth-order valence-electron chi connectivity index (χ4n) is 4.28. The molecule has 1 N–H and O–H groups in total. The molecule has 1 amide bonds. The van der Waals surface area contributed by atoms with Crippen molar-refractivity contribution < 1.29 is 19.1 Å². The Labute approximate surface area is 203 Å². The number of carbonyl (C=O) groups is 2. The minimum absolute atomic E-state index is 0.0854. The van der Waals surface area contributed by atoms with Gasteiger partial charge in [0, 0.05) is 16.8 Å². The van der Waals surface area contributed by atoms with Crippen LogP contribution < -0.4 is 4.90 Å². The maximum absolute atomic E-state index is 15.0. The van der Waals surface area contributed by atoms with Crippen molar-refractivity contribution in [3.63, 3.8) is 0 Å². The minimum Gasteiger partial charge on any atom is -0.507 e. The molecule has 4 rings (SSSR count). The second-order valence-corrected chi connectivity index (χ2v) is 9.63. The molecular weight excluding hydrogens is 443 g/mol. The molecule has 1 saturated heterocycles. The van der Waals surface area contributed by atoms with Gasteiger partial charge in [0.25, 0.3) is 11.7 Å². The smallest absolute Gasteiger partial charge is 0.300 e. The molecule has 1 aliphatic heterocycles. The number of ketones is 1. The maximum atomic E-state index is 15.0. The zero-order chi connectivity index (χ0) is 25.5. The average molecular weight is 469 g/mol. The summed E-state index contributed by atoms with van der Waals surface area (Å²) in [5, 5.41) is 20.6. The van der Waals surface area contributed by atoms with E-state index in [1.54, 1.807) is 19.1 Å². The second kappa shape index (κ2) is 8.84. The van der Waals surface area contributed by atoms with Gasteiger partial charge in [-0.25, -0.2) is 4.39 Å². The van der Waals surface area contributed by atoms with Gasteiger partial charge in [-0.15, -0.1) is 0 Å². The first-order valence-corrected chi connectivity index (χ1v) is 11.2. The summed E-state index contributed by atoms with van der Waals surface area (Å²) in [6, 6.07) is 18.4. The van der Waals surface area contributed by atoms with E-state index in [2.05, 4.69) is 0 Å². The molecule has 35 heavy (non-hydrogen) atoms. The van der Waals surface area contributed by atoms with Gasteiger partial charge in [-0.05, 0) is 59.9 Å². The van der Waals surface area contributed by atoms with E-state index in [4.69, 9.17) is 5.26 Å². The largest absolute Gasteiger partial charge is 0.507 e. The van der Waals surface area contributed by atoms with Gasteiger partial charge in [0.15, 0.2) is 0 Å². The van der Waals surface area contributed by atoms with E-state index in [9.17, 15) is 14.7 Å². The maximum Gasteiger partial charge on any atom is 0.300 e. The van der Waals surface area contributed by atoms with E-state index in [-0.39, 0.29) is 22.3 Å². The molecule has 3 aromatic carbocycles. The van der Waals surface area contributed by atoms with Crippen molar-refractivity contribution in [2.45, 2.75) is 39.2 Å². The summed E-state index contributed by atoms with van der Waals surface area (Å²) >= 11 is 0.